The van der Waals surface area contributed by atoms with Crippen LogP contribution in [0.15, 0.2) is 30.3 Å². The number of rotatable bonds is 9. The number of β-amino-alcohol motifs (C(OH)–C–C–N with tert-alkyl or cyclic N) is 1. The van der Waals surface area contributed by atoms with Gasteiger partial charge in [0.15, 0.2) is 11.5 Å². The van der Waals surface area contributed by atoms with Crippen molar-refractivity contribution in [1.82, 2.24) is 24.8 Å². The van der Waals surface area contributed by atoms with E-state index in [0.29, 0.717) is 46.9 Å². The Morgan fingerprint density at radius 2 is 1.74 bits per heavy atom. The lowest BCUT2D eigenvalue weighted by atomic mass is 10.1. The number of carbonyl (C=O) groups excluding carboxylic acids is 1. The molecule has 2 aromatic heterocycles. The number of ether oxygens (including phenoxy) is 4. The predicted molar refractivity (Wildman–Crippen MR) is 149 cm³/mol. The zero-order chi connectivity index (χ0) is 30.7. The average molecular weight is 603 g/mol. The third-order valence-electron chi connectivity index (χ3n) is 6.83. The van der Waals surface area contributed by atoms with Crippen molar-refractivity contribution in [2.24, 2.45) is 0 Å². The number of esters is 1. The van der Waals surface area contributed by atoms with Gasteiger partial charge < -0.3 is 24.1 Å². The highest BCUT2D eigenvalue weighted by Crippen LogP contribution is 2.34. The van der Waals surface area contributed by atoms with Gasteiger partial charge in [-0.3, -0.25) is 10.2 Å². The lowest BCUT2D eigenvalue weighted by Crippen LogP contribution is -2.40. The van der Waals surface area contributed by atoms with Crippen LogP contribution in [0.2, 0.25) is 0 Å². The molecule has 228 valence electrons. The summed E-state index contributed by atoms with van der Waals surface area (Å²) in [5.74, 6) is -1.97. The zero-order valence-corrected chi connectivity index (χ0v) is 23.6. The zero-order valence-electron chi connectivity index (χ0n) is 23.6. The fourth-order valence-corrected chi connectivity index (χ4v) is 4.74. The molecule has 1 unspecified atom stereocenters. The number of aryl methyl sites for hydroxylation is 1. The number of halogens is 3. The first-order valence-electron chi connectivity index (χ1n) is 13.4. The van der Waals surface area contributed by atoms with E-state index in [2.05, 4.69) is 34.9 Å². The fraction of sp³-hybridized carbons (Fsp3) is 0.393. The number of nitrogens with zero attached hydrogens (tertiary/aromatic N) is 5. The van der Waals surface area contributed by atoms with Gasteiger partial charge in [0.25, 0.3) is 0 Å². The second-order valence-corrected chi connectivity index (χ2v) is 9.85. The first kappa shape index (κ1) is 30.0. The molecule has 1 saturated heterocycles. The minimum absolute atomic E-state index is 0.0292. The third-order valence-corrected chi connectivity index (χ3v) is 6.83. The van der Waals surface area contributed by atoms with Gasteiger partial charge in [-0.05, 0) is 50.6 Å². The predicted octanol–water partition coefficient (Wildman–Crippen LogP) is 3.95. The molecule has 1 aliphatic heterocycles. The van der Waals surface area contributed by atoms with Crippen LogP contribution in [0.4, 0.5) is 25.1 Å². The van der Waals surface area contributed by atoms with Crippen molar-refractivity contribution in [3.8, 4) is 23.1 Å². The molecular formula is C28H29F3N6O6. The Morgan fingerprint density at radius 3 is 2.47 bits per heavy atom. The van der Waals surface area contributed by atoms with Crippen molar-refractivity contribution in [2.45, 2.75) is 32.0 Å². The minimum Gasteiger partial charge on any atom is -0.493 e. The Bertz CT molecular complexity index is 1650. The van der Waals surface area contributed by atoms with Gasteiger partial charge in [-0.2, -0.15) is 18.2 Å². The number of aliphatic hydroxyl groups is 1. The molecule has 0 aliphatic carbocycles. The van der Waals surface area contributed by atoms with Crippen molar-refractivity contribution >= 4 is 39.7 Å². The van der Waals surface area contributed by atoms with Crippen LogP contribution in [-0.2, 0) is 4.79 Å². The normalized spacial score (nSPS) is 15.8. The first-order chi connectivity index (χ1) is 20.5. The van der Waals surface area contributed by atoms with Crippen molar-refractivity contribution < 1.29 is 42.0 Å². The summed E-state index contributed by atoms with van der Waals surface area (Å²) in [6.45, 7) is 3.94. The molecule has 15 heteroatoms. The van der Waals surface area contributed by atoms with Crippen LogP contribution in [0, 0.1) is 6.92 Å². The monoisotopic (exact) mass is 602 g/mol. The van der Waals surface area contributed by atoms with Gasteiger partial charge in [-0.15, -0.1) is 0 Å². The molecule has 4 aromatic rings. The van der Waals surface area contributed by atoms with Crippen LogP contribution in [-0.4, -0.2) is 88.7 Å². The van der Waals surface area contributed by atoms with E-state index in [1.54, 1.807) is 25.1 Å². The molecule has 1 aliphatic rings. The summed E-state index contributed by atoms with van der Waals surface area (Å²) in [7, 11) is 2.99. The SMILES string of the molecule is COc1cc2nc(Nc3nc(OC(=O)C(F)(F)F)c4cc(OCCN5CCCC(O)C5)ccc4n3)nc(C)c2cc1OC. The number of anilines is 2. The number of fused-ring (bicyclic) bond motifs is 2. The highest BCUT2D eigenvalue weighted by molar-refractivity contribution is 5.90. The lowest BCUT2D eigenvalue weighted by Gasteiger charge is -2.29. The number of piperidine rings is 1. The van der Waals surface area contributed by atoms with Gasteiger partial charge in [-0.25, -0.2) is 19.7 Å². The van der Waals surface area contributed by atoms with Crippen molar-refractivity contribution in [3.05, 3.63) is 36.0 Å². The summed E-state index contributed by atoms with van der Waals surface area (Å²) in [6, 6.07) is 7.89. The second-order valence-electron chi connectivity index (χ2n) is 9.85. The molecule has 0 saturated carbocycles. The Labute approximate surface area is 243 Å². The minimum atomic E-state index is -5.25. The molecular weight excluding hydrogens is 573 g/mol. The van der Waals surface area contributed by atoms with E-state index < -0.39 is 18.0 Å². The van der Waals surface area contributed by atoms with Gasteiger partial charge in [0.2, 0.25) is 17.8 Å². The molecule has 0 bridgehead atoms. The number of likely N-dealkylation sites (tertiary alicyclic amines) is 1. The number of carbonyl (C=O) groups is 1. The van der Waals surface area contributed by atoms with Crippen LogP contribution in [0.3, 0.4) is 0 Å². The first-order valence-corrected chi connectivity index (χ1v) is 13.4. The molecule has 43 heavy (non-hydrogen) atoms. The topological polar surface area (TPSA) is 141 Å². The summed E-state index contributed by atoms with van der Waals surface area (Å²) in [5.41, 5.74) is 1.25. The number of methoxy groups -OCH3 is 2. The number of benzene rings is 2. The van der Waals surface area contributed by atoms with Gasteiger partial charge in [0, 0.05) is 24.5 Å². The number of hydrogen-bond donors (Lipinski definition) is 2. The molecule has 1 fully saturated rings. The maximum atomic E-state index is 13.1. The highest BCUT2D eigenvalue weighted by atomic mass is 19.4. The standard InChI is InChI=1S/C28H29F3N6O6/c1-15-18-12-22(40-2)23(41-3)13-21(18)34-26(32-15)36-27-33-20-7-6-17(42-10-9-37-8-4-5-16(38)14-37)11-19(20)24(35-27)43-25(39)28(29,30)31/h6-7,11-13,16,38H,4-5,8-10,14H2,1-3H3,(H,32,33,34,35,36). The van der Waals surface area contributed by atoms with Gasteiger partial charge >= 0.3 is 12.1 Å². The molecule has 0 spiro atoms. The summed E-state index contributed by atoms with van der Waals surface area (Å²) >= 11 is 0. The Kier molecular flexibility index (Phi) is 8.64. The van der Waals surface area contributed by atoms with Crippen LogP contribution in [0.1, 0.15) is 18.5 Å². The Balaban J connectivity index is 1.44. The quantitative estimate of drug-likeness (QED) is 0.268. The Morgan fingerprint density at radius 1 is 1.02 bits per heavy atom. The molecule has 0 radical (unpaired) electrons. The number of aromatic nitrogens is 4. The van der Waals surface area contributed by atoms with E-state index in [0.717, 1.165) is 19.4 Å². The van der Waals surface area contributed by atoms with Crippen LogP contribution in [0.5, 0.6) is 23.1 Å². The highest BCUT2D eigenvalue weighted by Gasteiger charge is 2.42. The molecule has 3 heterocycles. The van der Waals surface area contributed by atoms with E-state index in [-0.39, 0.29) is 35.5 Å². The molecule has 5 rings (SSSR count). The van der Waals surface area contributed by atoms with Crippen molar-refractivity contribution in [1.29, 1.82) is 0 Å². The molecule has 2 aromatic carbocycles. The lowest BCUT2D eigenvalue weighted by molar-refractivity contribution is -0.189. The van der Waals surface area contributed by atoms with E-state index in [9.17, 15) is 23.1 Å². The van der Waals surface area contributed by atoms with E-state index in [1.165, 1.54) is 26.4 Å². The number of aliphatic hydroxyl groups excluding tert-OH is 1. The van der Waals surface area contributed by atoms with Crippen LogP contribution >= 0.6 is 0 Å². The number of alkyl halides is 3. The maximum Gasteiger partial charge on any atom is 0.491 e. The van der Waals surface area contributed by atoms with Crippen LogP contribution < -0.4 is 24.3 Å². The molecule has 1 atom stereocenters. The third kappa shape index (κ3) is 6.94. The van der Waals surface area contributed by atoms with Gasteiger partial charge in [0.05, 0.1) is 42.4 Å². The summed E-state index contributed by atoms with van der Waals surface area (Å²) < 4.78 is 60.5. The molecule has 12 nitrogen and oxygen atoms in total. The van der Waals surface area contributed by atoms with Gasteiger partial charge in [-0.1, -0.05) is 0 Å². The summed E-state index contributed by atoms with van der Waals surface area (Å²) in [5, 5.41) is 13.4. The largest absolute Gasteiger partial charge is 0.493 e. The second kappa shape index (κ2) is 12.4. The van der Waals surface area contributed by atoms with Crippen molar-refractivity contribution in [3.63, 3.8) is 0 Å². The van der Waals surface area contributed by atoms with E-state index in [1.807, 2.05) is 0 Å². The van der Waals surface area contributed by atoms with Crippen LogP contribution in [0.25, 0.3) is 21.8 Å². The van der Waals surface area contributed by atoms with E-state index in [4.69, 9.17) is 14.2 Å². The number of hydrogen-bond acceptors (Lipinski definition) is 12. The fourth-order valence-electron chi connectivity index (χ4n) is 4.74. The Hall–Kier alpha value is -4.50. The van der Waals surface area contributed by atoms with Crippen molar-refractivity contribution in [2.75, 3.05) is 45.8 Å². The number of nitrogens with one attached hydrogen (secondary N) is 1. The van der Waals surface area contributed by atoms with E-state index >= 15 is 0 Å². The summed E-state index contributed by atoms with van der Waals surface area (Å²) in [4.78, 5) is 31.1. The maximum absolute atomic E-state index is 13.1. The average Bonchev–Trinajstić information content (AvgIpc) is 2.96. The molecule has 0 amide bonds. The van der Waals surface area contributed by atoms with Gasteiger partial charge in [0.1, 0.15) is 12.4 Å². The smallest absolute Gasteiger partial charge is 0.491 e. The summed E-state index contributed by atoms with van der Waals surface area (Å²) in [6.07, 6.45) is -3.99. The molecule has 2 N–H and O–H groups in total.